The molecule has 2 aliphatic carbocycles. The number of ketones is 1. The Bertz CT molecular complexity index is 1350. The van der Waals surface area contributed by atoms with Crippen molar-refractivity contribution < 1.29 is 13.9 Å². The molecule has 1 aromatic carbocycles. The minimum absolute atomic E-state index is 0.0919. The van der Waals surface area contributed by atoms with Crippen molar-refractivity contribution in [3.05, 3.63) is 50.4 Å². The first kappa shape index (κ1) is 22.3. The van der Waals surface area contributed by atoms with Gasteiger partial charge in [0.25, 0.3) is 0 Å². The number of pyridine rings is 1. The third-order valence-electron chi connectivity index (χ3n) is 7.21. The molecule has 2 aromatic heterocycles. The molecule has 1 unspecified atom stereocenters. The van der Waals surface area contributed by atoms with E-state index in [0.29, 0.717) is 16.8 Å². The monoisotopic (exact) mass is 468 g/mol. The lowest BCUT2D eigenvalue weighted by molar-refractivity contribution is 0.101. The highest BCUT2D eigenvalue weighted by Crippen LogP contribution is 2.51. The number of carbonyl (C=O) groups is 1. The zero-order valence-electron chi connectivity index (χ0n) is 19.7. The van der Waals surface area contributed by atoms with Crippen LogP contribution in [0.25, 0.3) is 21.3 Å². The highest BCUT2D eigenvalue weighted by atomic mass is 32.1. The van der Waals surface area contributed by atoms with Gasteiger partial charge < -0.3 is 14.6 Å². The van der Waals surface area contributed by atoms with Crippen LogP contribution in [0.5, 0.6) is 5.75 Å². The van der Waals surface area contributed by atoms with E-state index in [-0.39, 0.29) is 34.2 Å². The molecule has 2 aliphatic rings. The van der Waals surface area contributed by atoms with Crippen molar-refractivity contribution >= 4 is 28.0 Å². The molecule has 0 radical (unpaired) electrons. The Morgan fingerprint density at radius 3 is 2.64 bits per heavy atom. The second-order valence-electron chi connectivity index (χ2n) is 9.94. The number of aromatic nitrogens is 1. The molecule has 1 saturated carbocycles. The van der Waals surface area contributed by atoms with Crippen LogP contribution >= 0.6 is 11.3 Å². The van der Waals surface area contributed by atoms with E-state index in [4.69, 9.17) is 4.74 Å². The van der Waals surface area contributed by atoms with Gasteiger partial charge in [0.05, 0.1) is 29.1 Å². The quantitative estimate of drug-likeness (QED) is 0.492. The number of halogens is 1. The van der Waals surface area contributed by atoms with Gasteiger partial charge in [-0.15, -0.1) is 11.3 Å². The summed E-state index contributed by atoms with van der Waals surface area (Å²) in [6.45, 7) is 5.89. The van der Waals surface area contributed by atoms with Crippen LogP contribution in [-0.2, 0) is 6.42 Å². The van der Waals surface area contributed by atoms with Gasteiger partial charge in [-0.3, -0.25) is 9.59 Å². The molecule has 1 fully saturated rings. The summed E-state index contributed by atoms with van der Waals surface area (Å²) < 4.78 is 23.4. The fourth-order valence-corrected chi connectivity index (χ4v) is 6.83. The minimum atomic E-state index is -0.502. The van der Waals surface area contributed by atoms with E-state index in [2.05, 4.69) is 25.2 Å². The number of carbonyl (C=O) groups excluding carboxylic acids is 1. The third kappa shape index (κ3) is 3.44. The SMILES string of the molecule is CNC1c2sc(-c3c(F)cc4c(=O)c(C(C)=O)cn(C5CC5)c4c3OC)cc2CCC1(C)C. The molecule has 2 heterocycles. The van der Waals surface area contributed by atoms with Gasteiger partial charge in [0.15, 0.2) is 17.0 Å². The molecule has 5 nitrogen and oxygen atoms in total. The third-order valence-corrected chi connectivity index (χ3v) is 8.47. The predicted octanol–water partition coefficient (Wildman–Crippen LogP) is 5.65. The largest absolute Gasteiger partial charge is 0.494 e. The van der Waals surface area contributed by atoms with E-state index in [9.17, 15) is 9.59 Å². The Balaban J connectivity index is 1.79. The van der Waals surface area contributed by atoms with E-state index in [1.165, 1.54) is 30.5 Å². The number of rotatable bonds is 5. The maximum atomic E-state index is 15.7. The Kier molecular flexibility index (Phi) is 5.25. The number of ether oxygens (including phenoxy) is 1. The molecule has 0 bridgehead atoms. The zero-order chi connectivity index (χ0) is 23.7. The van der Waals surface area contributed by atoms with E-state index in [0.717, 1.165) is 30.6 Å². The molecule has 0 aliphatic heterocycles. The number of nitrogens with zero attached hydrogens (tertiary/aromatic N) is 1. The molecular formula is C26H29FN2O3S. The van der Waals surface area contributed by atoms with Crippen LogP contribution < -0.4 is 15.5 Å². The summed E-state index contributed by atoms with van der Waals surface area (Å²) in [4.78, 5) is 27.2. The topological polar surface area (TPSA) is 60.3 Å². The summed E-state index contributed by atoms with van der Waals surface area (Å²) in [5, 5.41) is 3.65. The first-order valence-electron chi connectivity index (χ1n) is 11.4. The maximum absolute atomic E-state index is 15.7. The van der Waals surface area contributed by atoms with Crippen molar-refractivity contribution in [2.45, 2.75) is 58.5 Å². The molecule has 0 saturated heterocycles. The first-order valence-corrected chi connectivity index (χ1v) is 12.3. The van der Waals surface area contributed by atoms with Gasteiger partial charge in [-0.2, -0.15) is 0 Å². The average molecular weight is 469 g/mol. The van der Waals surface area contributed by atoms with E-state index >= 15 is 4.39 Å². The van der Waals surface area contributed by atoms with E-state index in [1.54, 1.807) is 17.5 Å². The highest BCUT2D eigenvalue weighted by molar-refractivity contribution is 7.15. The molecule has 1 N–H and O–H groups in total. The Labute approximate surface area is 196 Å². The van der Waals surface area contributed by atoms with Crippen molar-refractivity contribution in [3.8, 4) is 16.2 Å². The number of nitrogens with one attached hydrogen (secondary N) is 1. The number of methoxy groups -OCH3 is 1. The fourth-order valence-electron chi connectivity index (χ4n) is 5.26. The highest BCUT2D eigenvalue weighted by Gasteiger charge is 2.37. The number of Topliss-reactive ketones (excluding diaryl/α,β-unsaturated/α-hetero) is 1. The lowest BCUT2D eigenvalue weighted by Gasteiger charge is -2.38. The molecule has 0 amide bonds. The van der Waals surface area contributed by atoms with Crippen molar-refractivity contribution in [3.63, 3.8) is 0 Å². The normalized spacial score (nSPS) is 19.5. The second-order valence-corrected chi connectivity index (χ2v) is 11.0. The van der Waals surface area contributed by atoms with Crippen LogP contribution in [0.15, 0.2) is 23.1 Å². The van der Waals surface area contributed by atoms with Gasteiger partial charge in [-0.1, -0.05) is 13.8 Å². The number of thiophene rings is 1. The van der Waals surface area contributed by atoms with Crippen LogP contribution in [0.3, 0.4) is 0 Å². The smallest absolute Gasteiger partial charge is 0.200 e. The molecule has 174 valence electrons. The standard InChI is InChI=1S/C26H29FN2O3S/c1-13(30)17-12-29(15-6-7-15)21-16(22(17)31)11-18(27)20(23(21)32-5)19-10-14-8-9-26(2,3)25(28-4)24(14)33-19/h10-12,15,25,28H,6-9H2,1-5H3. The average Bonchev–Trinajstić information content (AvgIpc) is 3.52. The lowest BCUT2D eigenvalue weighted by Crippen LogP contribution is -2.35. The molecule has 7 heteroatoms. The fraction of sp³-hybridized carbons (Fsp3) is 0.462. The number of aryl methyl sites for hydroxylation is 1. The number of benzene rings is 1. The summed E-state index contributed by atoms with van der Waals surface area (Å²) in [5.74, 6) is -0.451. The van der Waals surface area contributed by atoms with Gasteiger partial charge in [-0.05, 0) is 62.8 Å². The van der Waals surface area contributed by atoms with Crippen molar-refractivity contribution in [1.29, 1.82) is 0 Å². The van der Waals surface area contributed by atoms with Gasteiger partial charge in [0.1, 0.15) is 5.82 Å². The summed E-state index contributed by atoms with van der Waals surface area (Å²) in [5.41, 5.74) is 1.95. The number of fused-ring (bicyclic) bond motifs is 2. The molecule has 5 rings (SSSR count). The van der Waals surface area contributed by atoms with Crippen LogP contribution in [0.1, 0.15) is 72.9 Å². The molecule has 33 heavy (non-hydrogen) atoms. The maximum Gasteiger partial charge on any atom is 0.200 e. The van der Waals surface area contributed by atoms with Gasteiger partial charge in [-0.25, -0.2) is 4.39 Å². The first-order chi connectivity index (χ1) is 15.7. The molecular weight excluding hydrogens is 439 g/mol. The van der Waals surface area contributed by atoms with Crippen molar-refractivity contribution in [2.24, 2.45) is 5.41 Å². The molecule has 0 spiro atoms. The Hall–Kier alpha value is -2.51. The lowest BCUT2D eigenvalue weighted by atomic mass is 9.73. The van der Waals surface area contributed by atoms with Gasteiger partial charge >= 0.3 is 0 Å². The summed E-state index contributed by atoms with van der Waals surface area (Å²) >= 11 is 1.59. The minimum Gasteiger partial charge on any atom is -0.494 e. The van der Waals surface area contributed by atoms with E-state index in [1.807, 2.05) is 11.6 Å². The van der Waals surface area contributed by atoms with Gasteiger partial charge in [0, 0.05) is 28.0 Å². The second kappa shape index (κ2) is 7.77. The van der Waals surface area contributed by atoms with Gasteiger partial charge in [0.2, 0.25) is 0 Å². The predicted molar refractivity (Wildman–Crippen MR) is 130 cm³/mol. The summed E-state index contributed by atoms with van der Waals surface area (Å²) in [6, 6.07) is 3.75. The van der Waals surface area contributed by atoms with Crippen molar-refractivity contribution in [2.75, 3.05) is 14.2 Å². The van der Waals surface area contributed by atoms with Crippen molar-refractivity contribution in [1.82, 2.24) is 9.88 Å². The number of hydrogen-bond donors (Lipinski definition) is 1. The number of hydrogen-bond acceptors (Lipinski definition) is 5. The van der Waals surface area contributed by atoms with E-state index < -0.39 is 11.2 Å². The van der Waals surface area contributed by atoms with Crippen LogP contribution in [0, 0.1) is 11.2 Å². The summed E-state index contributed by atoms with van der Waals surface area (Å²) in [7, 11) is 3.49. The summed E-state index contributed by atoms with van der Waals surface area (Å²) in [6.07, 6.45) is 5.54. The Morgan fingerprint density at radius 2 is 2.03 bits per heavy atom. The molecule has 3 aromatic rings. The Morgan fingerprint density at radius 1 is 1.30 bits per heavy atom. The molecule has 1 atom stereocenters. The van der Waals surface area contributed by atoms with Crippen LogP contribution in [0.2, 0.25) is 0 Å². The zero-order valence-corrected chi connectivity index (χ0v) is 20.5. The van der Waals surface area contributed by atoms with Crippen LogP contribution in [-0.4, -0.2) is 24.5 Å². The van der Waals surface area contributed by atoms with Crippen LogP contribution in [0.4, 0.5) is 4.39 Å².